The van der Waals surface area contributed by atoms with Gasteiger partial charge in [-0.1, -0.05) is 43.0 Å². The average molecular weight is 400 g/mol. The van der Waals surface area contributed by atoms with Crippen molar-refractivity contribution in [3.05, 3.63) is 64.9 Å². The lowest BCUT2D eigenvalue weighted by Crippen LogP contribution is -2.43. The van der Waals surface area contributed by atoms with E-state index in [0.29, 0.717) is 11.4 Å². The normalized spacial score (nSPS) is 15.6. The number of pyridine rings is 1. The average Bonchev–Trinajstić information content (AvgIpc) is 2.72. The molecule has 1 aromatic heterocycles. The van der Waals surface area contributed by atoms with Crippen LogP contribution in [0.1, 0.15) is 49.1 Å². The second kappa shape index (κ2) is 10.2. The molecular formula is C22H26ClN3O2. The van der Waals surface area contributed by atoms with Crippen molar-refractivity contribution in [3.63, 3.8) is 0 Å². The maximum atomic E-state index is 12.9. The van der Waals surface area contributed by atoms with Gasteiger partial charge in [0.15, 0.2) is 0 Å². The fraction of sp³-hybridized carbons (Fsp3) is 0.409. The summed E-state index contributed by atoms with van der Waals surface area (Å²) in [6, 6.07) is 11.3. The smallest absolute Gasteiger partial charge is 0.239 e. The molecule has 148 valence electrons. The summed E-state index contributed by atoms with van der Waals surface area (Å²) in [7, 11) is 0. The van der Waals surface area contributed by atoms with Crippen LogP contribution in [0, 0.1) is 0 Å². The lowest BCUT2D eigenvalue weighted by Gasteiger charge is -2.23. The van der Waals surface area contributed by atoms with E-state index < -0.39 is 5.92 Å². The van der Waals surface area contributed by atoms with Crippen LogP contribution in [-0.2, 0) is 16.0 Å². The molecule has 5 nitrogen and oxygen atoms in total. The molecule has 1 unspecified atom stereocenters. The molecule has 1 atom stereocenters. The van der Waals surface area contributed by atoms with Gasteiger partial charge in [-0.2, -0.15) is 0 Å². The summed E-state index contributed by atoms with van der Waals surface area (Å²) < 4.78 is 0. The Morgan fingerprint density at radius 1 is 1.04 bits per heavy atom. The molecule has 1 heterocycles. The quantitative estimate of drug-likeness (QED) is 0.746. The summed E-state index contributed by atoms with van der Waals surface area (Å²) in [6.07, 6.45) is 9.54. The molecule has 0 aliphatic heterocycles. The third-order valence-electron chi connectivity index (χ3n) is 5.17. The van der Waals surface area contributed by atoms with Gasteiger partial charge in [0.1, 0.15) is 0 Å². The van der Waals surface area contributed by atoms with Crippen LogP contribution in [0.2, 0.25) is 5.02 Å². The number of aromatic nitrogens is 1. The number of amides is 2. The van der Waals surface area contributed by atoms with Crippen LogP contribution in [0.15, 0.2) is 48.8 Å². The first-order valence-corrected chi connectivity index (χ1v) is 10.2. The molecule has 1 aromatic carbocycles. The molecule has 6 heteroatoms. The number of hydrogen-bond acceptors (Lipinski definition) is 3. The Labute approximate surface area is 170 Å². The number of halogens is 1. The molecule has 0 spiro atoms. The van der Waals surface area contributed by atoms with Crippen molar-refractivity contribution in [1.82, 2.24) is 15.6 Å². The molecule has 0 radical (unpaired) electrons. The number of nitrogens with one attached hydrogen (secondary N) is 2. The van der Waals surface area contributed by atoms with E-state index in [-0.39, 0.29) is 24.4 Å². The number of hydrogen-bond donors (Lipinski definition) is 2. The van der Waals surface area contributed by atoms with Gasteiger partial charge in [0.2, 0.25) is 11.8 Å². The summed E-state index contributed by atoms with van der Waals surface area (Å²) in [6.45, 7) is -0.00420. The molecule has 1 aliphatic rings. The minimum atomic E-state index is -0.401. The van der Waals surface area contributed by atoms with Crippen LogP contribution in [-0.4, -0.2) is 29.4 Å². The van der Waals surface area contributed by atoms with Crippen molar-refractivity contribution in [2.24, 2.45) is 0 Å². The van der Waals surface area contributed by atoms with Crippen molar-refractivity contribution in [2.45, 2.75) is 50.5 Å². The highest BCUT2D eigenvalue weighted by atomic mass is 35.5. The Bertz CT molecular complexity index is 774. The standard InChI is InChI=1S/C22H26ClN3O2/c23-18-8-6-17(7-9-18)20(14-16-10-12-24-13-11-16)22(28)25-15-21(27)26-19-4-2-1-3-5-19/h6-13,19-20H,1-5,14-15H2,(H,25,28)(H,26,27). The summed E-state index contributed by atoms with van der Waals surface area (Å²) in [5, 5.41) is 6.46. The Balaban J connectivity index is 1.62. The third-order valence-corrected chi connectivity index (χ3v) is 5.42. The predicted octanol–water partition coefficient (Wildman–Crippen LogP) is 3.63. The molecule has 2 amide bonds. The molecule has 1 aliphatic carbocycles. The Kier molecular flexibility index (Phi) is 7.43. The predicted molar refractivity (Wildman–Crippen MR) is 110 cm³/mol. The second-order valence-corrected chi connectivity index (χ2v) is 7.72. The number of rotatable bonds is 7. The largest absolute Gasteiger partial charge is 0.352 e. The van der Waals surface area contributed by atoms with E-state index in [1.165, 1.54) is 6.42 Å². The summed E-state index contributed by atoms with van der Waals surface area (Å²) in [4.78, 5) is 29.1. The van der Waals surface area contributed by atoms with Gasteiger partial charge >= 0.3 is 0 Å². The first-order valence-electron chi connectivity index (χ1n) is 9.83. The van der Waals surface area contributed by atoms with Crippen molar-refractivity contribution in [2.75, 3.05) is 6.54 Å². The van der Waals surface area contributed by atoms with Crippen molar-refractivity contribution in [1.29, 1.82) is 0 Å². The van der Waals surface area contributed by atoms with Crippen LogP contribution in [0.3, 0.4) is 0 Å². The Hall–Kier alpha value is -2.40. The van der Waals surface area contributed by atoms with E-state index >= 15 is 0 Å². The van der Waals surface area contributed by atoms with Gasteiger partial charge in [-0.15, -0.1) is 0 Å². The molecule has 2 N–H and O–H groups in total. The van der Waals surface area contributed by atoms with Crippen molar-refractivity contribution >= 4 is 23.4 Å². The molecule has 28 heavy (non-hydrogen) atoms. The zero-order chi connectivity index (χ0) is 19.8. The van der Waals surface area contributed by atoms with Gasteiger partial charge in [0.05, 0.1) is 12.5 Å². The molecule has 0 bridgehead atoms. The molecule has 2 aromatic rings. The van der Waals surface area contributed by atoms with E-state index in [0.717, 1.165) is 36.8 Å². The molecule has 1 fully saturated rings. The SMILES string of the molecule is O=C(CNC(=O)C(Cc1ccncc1)c1ccc(Cl)cc1)NC1CCCCC1. The van der Waals surface area contributed by atoms with Crippen LogP contribution in [0.5, 0.6) is 0 Å². The highest BCUT2D eigenvalue weighted by Crippen LogP contribution is 2.23. The molecule has 1 saturated carbocycles. The fourth-order valence-corrected chi connectivity index (χ4v) is 3.75. The zero-order valence-corrected chi connectivity index (χ0v) is 16.6. The third kappa shape index (κ3) is 6.06. The van der Waals surface area contributed by atoms with Gasteiger partial charge in [0, 0.05) is 23.5 Å². The van der Waals surface area contributed by atoms with E-state index in [2.05, 4.69) is 15.6 Å². The number of nitrogens with zero attached hydrogens (tertiary/aromatic N) is 1. The van der Waals surface area contributed by atoms with Gasteiger partial charge in [-0.3, -0.25) is 14.6 Å². The number of carbonyl (C=O) groups is 2. The van der Waals surface area contributed by atoms with Crippen LogP contribution >= 0.6 is 11.6 Å². The number of benzene rings is 1. The van der Waals surface area contributed by atoms with Gasteiger partial charge in [-0.25, -0.2) is 0 Å². The first kappa shape index (κ1) is 20.3. The van der Waals surface area contributed by atoms with E-state index in [9.17, 15) is 9.59 Å². The van der Waals surface area contributed by atoms with Crippen molar-refractivity contribution in [3.8, 4) is 0 Å². The Morgan fingerprint density at radius 3 is 2.39 bits per heavy atom. The molecular weight excluding hydrogens is 374 g/mol. The Morgan fingerprint density at radius 2 is 1.71 bits per heavy atom. The summed E-state index contributed by atoms with van der Waals surface area (Å²) in [5.74, 6) is -0.695. The number of carbonyl (C=O) groups excluding carboxylic acids is 2. The zero-order valence-electron chi connectivity index (χ0n) is 15.9. The fourth-order valence-electron chi connectivity index (χ4n) is 3.63. The van der Waals surface area contributed by atoms with Crippen LogP contribution in [0.25, 0.3) is 0 Å². The van der Waals surface area contributed by atoms with Crippen LogP contribution < -0.4 is 10.6 Å². The van der Waals surface area contributed by atoms with Gasteiger partial charge in [-0.05, 0) is 54.7 Å². The maximum absolute atomic E-state index is 12.9. The van der Waals surface area contributed by atoms with E-state index in [4.69, 9.17) is 11.6 Å². The van der Waals surface area contributed by atoms with Gasteiger partial charge in [0.25, 0.3) is 0 Å². The maximum Gasteiger partial charge on any atom is 0.239 e. The topological polar surface area (TPSA) is 71.1 Å². The highest BCUT2D eigenvalue weighted by Gasteiger charge is 2.22. The highest BCUT2D eigenvalue weighted by molar-refractivity contribution is 6.30. The van der Waals surface area contributed by atoms with E-state index in [1.54, 1.807) is 24.5 Å². The van der Waals surface area contributed by atoms with Gasteiger partial charge < -0.3 is 10.6 Å². The minimum Gasteiger partial charge on any atom is -0.352 e. The summed E-state index contributed by atoms with van der Waals surface area (Å²) in [5.41, 5.74) is 1.88. The summed E-state index contributed by atoms with van der Waals surface area (Å²) >= 11 is 5.99. The lowest BCUT2D eigenvalue weighted by molar-refractivity contribution is -0.127. The monoisotopic (exact) mass is 399 g/mol. The lowest BCUT2D eigenvalue weighted by atomic mass is 9.91. The minimum absolute atomic E-state index is 0.00420. The molecule has 0 saturated heterocycles. The van der Waals surface area contributed by atoms with E-state index in [1.807, 2.05) is 24.3 Å². The first-order chi connectivity index (χ1) is 13.6. The van der Waals surface area contributed by atoms with Crippen LogP contribution in [0.4, 0.5) is 0 Å². The molecule has 3 rings (SSSR count). The second-order valence-electron chi connectivity index (χ2n) is 7.28. The van der Waals surface area contributed by atoms with Crippen molar-refractivity contribution < 1.29 is 9.59 Å².